The summed E-state index contributed by atoms with van der Waals surface area (Å²) in [7, 11) is 0.877. The van der Waals surface area contributed by atoms with E-state index in [4.69, 9.17) is 9.72 Å². The highest BCUT2D eigenvalue weighted by molar-refractivity contribution is 9.10. The van der Waals surface area contributed by atoms with Crippen LogP contribution in [0.4, 0.5) is 34.5 Å². The zero-order valence-corrected chi connectivity index (χ0v) is 43.7. The predicted molar refractivity (Wildman–Crippen MR) is 286 cm³/mol. The van der Waals surface area contributed by atoms with E-state index in [0.717, 1.165) is 109 Å². The number of anilines is 6. The molecule has 6 aromatic rings. The number of halogens is 1. The molecule has 4 fully saturated rings. The Hall–Kier alpha value is -6.88. The largest absolute Gasteiger partial charge is 0.494 e. The third-order valence-electron chi connectivity index (χ3n) is 15.4. The fourth-order valence-corrected chi connectivity index (χ4v) is 12.8. The Morgan fingerprint density at radius 2 is 1.53 bits per heavy atom. The molecule has 1 spiro atoms. The lowest BCUT2D eigenvalue weighted by Crippen LogP contribution is -2.59. The quantitative estimate of drug-likeness (QED) is 0.0790. The van der Waals surface area contributed by atoms with Crippen molar-refractivity contribution in [1.29, 1.82) is 0 Å². The average molecular weight is 1070 g/mol. The van der Waals surface area contributed by atoms with Crippen LogP contribution in [0.5, 0.6) is 5.75 Å². The van der Waals surface area contributed by atoms with Crippen molar-refractivity contribution in [2.45, 2.75) is 50.6 Å². The first-order valence-electron chi connectivity index (χ1n) is 24.8. The number of aryl methyl sites for hydroxylation is 1. The minimum absolute atomic E-state index is 0.0869. The summed E-state index contributed by atoms with van der Waals surface area (Å²) in [5.74, 6) is -0.456. The zero-order chi connectivity index (χ0) is 50.8. The highest BCUT2D eigenvalue weighted by atomic mass is 79.9. The van der Waals surface area contributed by atoms with E-state index in [-0.39, 0.29) is 12.8 Å². The van der Waals surface area contributed by atoms with Gasteiger partial charge in [-0.25, -0.2) is 4.98 Å². The molecule has 0 radical (unpaired) electrons. The SMILES string of the molecule is COc1cc(N2CCC3(CC2)CC(N2CCN(c4ccc5c(c4)C(=O)N(C4CCC(=O)NC4=O)C5=O)CC2)C3)c(-c2cnn(C)c2)cc1Nc1ncc(Br)c(Nc2ccc(-c3ccccc3)cc2P(C)(C)=O)n1. The molecule has 4 amide bonds. The monoisotopic (exact) mass is 1070 g/mol. The number of piperidine rings is 2. The number of hydrogen-bond acceptors (Lipinski definition) is 14. The maximum absolute atomic E-state index is 13.7. The van der Waals surface area contributed by atoms with Crippen molar-refractivity contribution in [3.8, 4) is 28.0 Å². The van der Waals surface area contributed by atoms with Crippen molar-refractivity contribution in [1.82, 2.24) is 34.9 Å². The number of methoxy groups -OCH3 is 1. The van der Waals surface area contributed by atoms with E-state index >= 15 is 0 Å². The van der Waals surface area contributed by atoms with Gasteiger partial charge in [-0.15, -0.1) is 0 Å². The molecule has 6 heterocycles. The Balaban J connectivity index is 0.742. The summed E-state index contributed by atoms with van der Waals surface area (Å²) in [5.41, 5.74) is 8.29. The van der Waals surface area contributed by atoms with Gasteiger partial charge in [0.1, 0.15) is 24.8 Å². The molecule has 2 aromatic heterocycles. The van der Waals surface area contributed by atoms with Crippen molar-refractivity contribution in [3.63, 3.8) is 0 Å². The molecule has 376 valence electrons. The second kappa shape index (κ2) is 19.2. The second-order valence-electron chi connectivity index (χ2n) is 20.3. The van der Waals surface area contributed by atoms with Crippen LogP contribution in [0.2, 0.25) is 0 Å². The normalized spacial score (nSPS) is 19.2. The van der Waals surface area contributed by atoms with Crippen LogP contribution in [0.15, 0.2) is 102 Å². The Bertz CT molecular complexity index is 3230. The van der Waals surface area contributed by atoms with Crippen molar-refractivity contribution < 1.29 is 28.5 Å². The lowest BCUT2D eigenvalue weighted by molar-refractivity contribution is -0.136. The van der Waals surface area contributed by atoms with Gasteiger partial charge in [-0.1, -0.05) is 36.4 Å². The highest BCUT2D eigenvalue weighted by Gasteiger charge is 2.49. The predicted octanol–water partition coefficient (Wildman–Crippen LogP) is 8.02. The van der Waals surface area contributed by atoms with E-state index < -0.39 is 36.8 Å². The van der Waals surface area contributed by atoms with E-state index in [1.54, 1.807) is 38.8 Å². The van der Waals surface area contributed by atoms with Crippen LogP contribution in [0.3, 0.4) is 0 Å². The number of nitrogens with zero attached hydrogens (tertiary/aromatic N) is 8. The molecule has 11 rings (SSSR count). The van der Waals surface area contributed by atoms with Gasteiger partial charge in [0.25, 0.3) is 11.8 Å². The Morgan fingerprint density at radius 3 is 2.23 bits per heavy atom. The molecular weight excluding hydrogens is 1010 g/mol. The molecule has 1 unspecified atom stereocenters. The summed E-state index contributed by atoms with van der Waals surface area (Å²) < 4.78 is 22.2. The van der Waals surface area contributed by atoms with Crippen LogP contribution in [0.25, 0.3) is 22.3 Å². The topological polar surface area (TPSA) is 187 Å². The molecule has 0 bridgehead atoms. The lowest BCUT2D eigenvalue weighted by Gasteiger charge is -2.56. The number of aromatic nitrogens is 4. The summed E-state index contributed by atoms with van der Waals surface area (Å²) >= 11 is 3.64. The number of nitrogens with one attached hydrogen (secondary N) is 3. The highest BCUT2D eigenvalue weighted by Crippen LogP contribution is 2.53. The number of fused-ring (bicyclic) bond motifs is 1. The summed E-state index contributed by atoms with van der Waals surface area (Å²) in [6.45, 7) is 8.78. The van der Waals surface area contributed by atoms with E-state index in [0.29, 0.717) is 55.9 Å². The van der Waals surface area contributed by atoms with Gasteiger partial charge >= 0.3 is 0 Å². The maximum atomic E-state index is 13.7. The Kier molecular flexibility index (Phi) is 12.7. The molecule has 1 aliphatic carbocycles. The smallest absolute Gasteiger partial charge is 0.262 e. The van der Waals surface area contributed by atoms with Gasteiger partial charge in [-0.2, -0.15) is 10.1 Å². The summed E-state index contributed by atoms with van der Waals surface area (Å²) in [5, 5.41) is 14.4. The van der Waals surface area contributed by atoms with Crippen LogP contribution < -0.4 is 35.8 Å². The number of piperazine rings is 1. The van der Waals surface area contributed by atoms with Gasteiger partial charge < -0.3 is 29.7 Å². The summed E-state index contributed by atoms with van der Waals surface area (Å²) in [4.78, 5) is 69.0. The van der Waals surface area contributed by atoms with Crippen LogP contribution in [-0.2, 0) is 21.2 Å². The van der Waals surface area contributed by atoms with E-state index in [2.05, 4.69) is 68.8 Å². The minimum atomic E-state index is -2.71. The minimum Gasteiger partial charge on any atom is -0.494 e. The third kappa shape index (κ3) is 9.40. The first kappa shape index (κ1) is 48.4. The van der Waals surface area contributed by atoms with Crippen molar-refractivity contribution in [2.24, 2.45) is 12.5 Å². The molecule has 1 saturated carbocycles. The van der Waals surface area contributed by atoms with Gasteiger partial charge in [0.15, 0.2) is 0 Å². The number of carbonyl (C=O) groups excluding carboxylic acids is 4. The Morgan fingerprint density at radius 1 is 0.781 bits per heavy atom. The van der Waals surface area contributed by atoms with Gasteiger partial charge in [0.2, 0.25) is 17.8 Å². The number of benzene rings is 4. The van der Waals surface area contributed by atoms with Crippen LogP contribution >= 0.6 is 23.1 Å². The number of carbonyl (C=O) groups is 4. The fraction of sp³-hybridized carbons (Fsp3) is 0.352. The van der Waals surface area contributed by atoms with Gasteiger partial charge in [0, 0.05) is 105 Å². The van der Waals surface area contributed by atoms with Crippen molar-refractivity contribution in [3.05, 3.63) is 113 Å². The number of imide groups is 2. The lowest BCUT2D eigenvalue weighted by atomic mass is 9.60. The van der Waals surface area contributed by atoms with E-state index in [9.17, 15) is 23.7 Å². The molecule has 3 N–H and O–H groups in total. The zero-order valence-electron chi connectivity index (χ0n) is 41.2. The number of amides is 4. The van der Waals surface area contributed by atoms with E-state index in [1.165, 1.54) is 0 Å². The molecule has 4 aliphatic heterocycles. The maximum Gasteiger partial charge on any atom is 0.262 e. The van der Waals surface area contributed by atoms with Gasteiger partial charge in [-0.05, 0) is 114 Å². The summed E-state index contributed by atoms with van der Waals surface area (Å²) in [6, 6.07) is 25.1. The second-order valence-corrected chi connectivity index (χ2v) is 24.3. The van der Waals surface area contributed by atoms with Crippen LogP contribution in [0, 0.1) is 5.41 Å². The Labute approximate surface area is 432 Å². The third-order valence-corrected chi connectivity index (χ3v) is 17.5. The van der Waals surface area contributed by atoms with Crippen molar-refractivity contribution in [2.75, 3.05) is 80.1 Å². The van der Waals surface area contributed by atoms with Gasteiger partial charge in [0.05, 0.1) is 40.3 Å². The molecule has 4 aromatic carbocycles. The summed E-state index contributed by atoms with van der Waals surface area (Å²) in [6.07, 6.45) is 10.3. The standard InChI is InChI=1S/C54H57BrN11O6P/c1-62-32-35(30-57-62)39-26-43(59-53-56-31-41(55)49(61-53)58-42-13-10-34(24-47(42)73(3,4)71)33-8-6-5-7-9-33)46(72-2)27-45(39)65-18-16-54(17-19-65)28-37(29-54)64-22-20-63(21-23-64)36-11-12-38-40(25-36)52(70)66(51(38)69)44-14-15-48(67)60-50(44)68/h5-13,24-27,30-32,37,44H,14-23,28-29H2,1-4H3,(H,60,67,68)(H2,56,58,59,61). The molecule has 1 atom stereocenters. The number of ether oxygens (including phenoxy) is 1. The molecule has 5 aliphatic rings. The first-order valence-corrected chi connectivity index (χ1v) is 28.2. The molecule has 19 heteroatoms. The van der Waals surface area contributed by atoms with Crippen LogP contribution in [-0.4, -0.2) is 125 Å². The van der Waals surface area contributed by atoms with E-state index in [1.807, 2.05) is 78.7 Å². The molecule has 73 heavy (non-hydrogen) atoms. The fourth-order valence-electron chi connectivity index (χ4n) is 11.4. The molecular formula is C54H57BrN11O6P. The molecule has 3 saturated heterocycles. The van der Waals surface area contributed by atoms with Crippen molar-refractivity contribution >= 4 is 86.5 Å². The first-order chi connectivity index (χ1) is 35.1. The van der Waals surface area contributed by atoms with Crippen LogP contribution in [0.1, 0.15) is 59.2 Å². The number of hydrogen-bond donors (Lipinski definition) is 3. The van der Waals surface area contributed by atoms with Gasteiger partial charge in [-0.3, -0.25) is 39.0 Å². The molecule has 17 nitrogen and oxygen atoms in total. The average Bonchev–Trinajstić information content (AvgIpc) is 3.92. The number of rotatable bonds is 12.